The Kier molecular flexibility index (Phi) is 4.80. The Morgan fingerprint density at radius 1 is 1.08 bits per heavy atom. The van der Waals surface area contributed by atoms with Crippen molar-refractivity contribution in [1.29, 1.82) is 0 Å². The molecule has 0 saturated carbocycles. The summed E-state index contributed by atoms with van der Waals surface area (Å²) in [5.74, 6) is -0.396. The summed E-state index contributed by atoms with van der Waals surface area (Å²) in [5.41, 5.74) is 3.41. The van der Waals surface area contributed by atoms with Crippen LogP contribution in [0, 0.1) is 13.8 Å². The molecule has 1 aromatic heterocycles. The molecule has 26 heavy (non-hydrogen) atoms. The number of rotatable bonds is 5. The minimum absolute atomic E-state index is 0.236. The highest BCUT2D eigenvalue weighted by molar-refractivity contribution is 6.11. The number of methoxy groups -OCH3 is 1. The molecule has 0 bridgehead atoms. The van der Waals surface area contributed by atoms with Crippen molar-refractivity contribution in [2.24, 2.45) is 0 Å². The molecule has 0 aliphatic carbocycles. The number of nitrogens with one attached hydrogen (secondary N) is 1. The van der Waals surface area contributed by atoms with Crippen LogP contribution in [0.5, 0.6) is 5.75 Å². The molecule has 0 fully saturated rings. The van der Waals surface area contributed by atoms with Gasteiger partial charge in [0, 0.05) is 22.2 Å². The summed E-state index contributed by atoms with van der Waals surface area (Å²) in [6.45, 7) is 5.30. The Morgan fingerprint density at radius 3 is 2.54 bits per heavy atom. The van der Waals surface area contributed by atoms with E-state index in [1.165, 1.54) is 7.11 Å². The molecule has 0 spiro atoms. The first kappa shape index (κ1) is 17.7. The van der Waals surface area contributed by atoms with Crippen molar-refractivity contribution in [3.63, 3.8) is 0 Å². The number of aryl methyl sites for hydroxylation is 2. The van der Waals surface area contributed by atoms with Gasteiger partial charge in [-0.15, -0.1) is 0 Å². The molecule has 1 atom stereocenters. The van der Waals surface area contributed by atoms with Crippen LogP contribution in [-0.4, -0.2) is 30.0 Å². The Balaban J connectivity index is 1.87. The third kappa shape index (κ3) is 3.20. The Morgan fingerprint density at radius 2 is 1.81 bits per heavy atom. The highest BCUT2D eigenvalue weighted by atomic mass is 16.5. The SMILES string of the molecule is COc1ccc(C)cc1C(=O)OC(C)C(=O)c1c(C)[nH]c2ccccc12. The normalized spacial score (nSPS) is 12.0. The van der Waals surface area contributed by atoms with Gasteiger partial charge in [-0.3, -0.25) is 4.79 Å². The van der Waals surface area contributed by atoms with E-state index in [0.29, 0.717) is 16.9 Å². The number of esters is 1. The predicted molar refractivity (Wildman–Crippen MR) is 100.0 cm³/mol. The molecule has 3 rings (SSSR count). The number of Topliss-reactive ketones (excluding diaryl/α,β-unsaturated/α-hetero) is 1. The minimum Gasteiger partial charge on any atom is -0.496 e. The van der Waals surface area contributed by atoms with Crippen LogP contribution in [0.15, 0.2) is 42.5 Å². The van der Waals surface area contributed by atoms with Crippen LogP contribution < -0.4 is 4.74 Å². The van der Waals surface area contributed by atoms with Gasteiger partial charge < -0.3 is 14.5 Å². The van der Waals surface area contributed by atoms with E-state index in [4.69, 9.17) is 9.47 Å². The maximum atomic E-state index is 12.9. The van der Waals surface area contributed by atoms with E-state index in [0.717, 1.165) is 22.2 Å². The number of carbonyl (C=O) groups excluding carboxylic acids is 2. The van der Waals surface area contributed by atoms with Gasteiger partial charge in [-0.1, -0.05) is 29.8 Å². The molecule has 5 heteroatoms. The first-order valence-corrected chi connectivity index (χ1v) is 8.39. The molecule has 1 unspecified atom stereocenters. The van der Waals surface area contributed by atoms with E-state index in [1.807, 2.05) is 44.2 Å². The Labute approximate surface area is 151 Å². The number of ketones is 1. The van der Waals surface area contributed by atoms with Gasteiger partial charge in [-0.05, 0) is 39.0 Å². The van der Waals surface area contributed by atoms with Crippen molar-refractivity contribution in [3.05, 3.63) is 64.8 Å². The van der Waals surface area contributed by atoms with Crippen molar-refractivity contribution >= 4 is 22.7 Å². The zero-order chi connectivity index (χ0) is 18.8. The standard InChI is InChI=1S/C21H21NO4/c1-12-9-10-18(25-4)16(11-12)21(24)26-14(3)20(23)19-13(2)22-17-8-6-5-7-15(17)19/h5-11,14,22H,1-4H3. The number of fused-ring (bicyclic) bond motifs is 1. The van der Waals surface area contributed by atoms with E-state index < -0.39 is 12.1 Å². The lowest BCUT2D eigenvalue weighted by atomic mass is 10.0. The van der Waals surface area contributed by atoms with Gasteiger partial charge in [-0.2, -0.15) is 0 Å². The third-order valence-corrected chi connectivity index (χ3v) is 4.37. The number of benzene rings is 2. The third-order valence-electron chi connectivity index (χ3n) is 4.37. The fourth-order valence-electron chi connectivity index (χ4n) is 3.06. The molecule has 0 aliphatic heterocycles. The summed E-state index contributed by atoms with van der Waals surface area (Å²) in [4.78, 5) is 28.6. The molecule has 0 amide bonds. The quantitative estimate of drug-likeness (QED) is 0.552. The number of hydrogen-bond acceptors (Lipinski definition) is 4. The minimum atomic E-state index is -0.911. The van der Waals surface area contributed by atoms with Gasteiger partial charge >= 0.3 is 5.97 Å². The molecular formula is C21H21NO4. The maximum Gasteiger partial charge on any atom is 0.342 e. The van der Waals surface area contributed by atoms with Crippen LogP contribution in [0.3, 0.4) is 0 Å². The molecule has 0 aliphatic rings. The van der Waals surface area contributed by atoms with Crippen LogP contribution in [0.25, 0.3) is 10.9 Å². The van der Waals surface area contributed by atoms with Gasteiger partial charge in [0.15, 0.2) is 6.10 Å². The highest BCUT2D eigenvalue weighted by Gasteiger charge is 2.26. The zero-order valence-corrected chi connectivity index (χ0v) is 15.3. The Hall–Kier alpha value is -3.08. The number of hydrogen-bond donors (Lipinski definition) is 1. The van der Waals surface area contributed by atoms with Crippen molar-refractivity contribution in [2.45, 2.75) is 26.9 Å². The maximum absolute atomic E-state index is 12.9. The van der Waals surface area contributed by atoms with Crippen molar-refractivity contribution in [2.75, 3.05) is 7.11 Å². The van der Waals surface area contributed by atoms with Crippen molar-refractivity contribution in [1.82, 2.24) is 4.98 Å². The van der Waals surface area contributed by atoms with E-state index in [9.17, 15) is 9.59 Å². The van der Waals surface area contributed by atoms with Gasteiger partial charge in [0.2, 0.25) is 5.78 Å². The Bertz CT molecular complexity index is 987. The van der Waals surface area contributed by atoms with Crippen LogP contribution in [0.4, 0.5) is 0 Å². The number of para-hydroxylation sites is 1. The largest absolute Gasteiger partial charge is 0.496 e. The van der Waals surface area contributed by atoms with Gasteiger partial charge in [0.25, 0.3) is 0 Å². The molecule has 1 heterocycles. The second-order valence-electron chi connectivity index (χ2n) is 6.29. The van der Waals surface area contributed by atoms with E-state index in [1.54, 1.807) is 19.1 Å². The highest BCUT2D eigenvalue weighted by Crippen LogP contribution is 2.25. The summed E-state index contributed by atoms with van der Waals surface area (Å²) in [7, 11) is 1.49. The summed E-state index contributed by atoms with van der Waals surface area (Å²) in [5, 5.41) is 0.825. The molecule has 134 valence electrons. The fraction of sp³-hybridized carbons (Fsp3) is 0.238. The average Bonchev–Trinajstić information content (AvgIpc) is 2.96. The lowest BCUT2D eigenvalue weighted by Crippen LogP contribution is -2.25. The lowest BCUT2D eigenvalue weighted by molar-refractivity contribution is 0.0316. The summed E-state index contributed by atoms with van der Waals surface area (Å²) in [6, 6.07) is 12.8. The smallest absolute Gasteiger partial charge is 0.342 e. The first-order valence-electron chi connectivity index (χ1n) is 8.39. The number of aromatic amines is 1. The second-order valence-corrected chi connectivity index (χ2v) is 6.29. The lowest BCUT2D eigenvalue weighted by Gasteiger charge is -2.14. The van der Waals surface area contributed by atoms with Gasteiger partial charge in [0.05, 0.1) is 7.11 Å². The van der Waals surface area contributed by atoms with Crippen LogP contribution in [-0.2, 0) is 4.74 Å². The molecular weight excluding hydrogens is 330 g/mol. The molecule has 1 N–H and O–H groups in total. The number of ether oxygens (including phenoxy) is 2. The summed E-state index contributed by atoms with van der Waals surface area (Å²) < 4.78 is 10.7. The fourth-order valence-corrected chi connectivity index (χ4v) is 3.06. The topological polar surface area (TPSA) is 68.4 Å². The average molecular weight is 351 g/mol. The number of aromatic nitrogens is 1. The van der Waals surface area contributed by atoms with E-state index in [2.05, 4.69) is 4.98 Å². The molecule has 2 aromatic carbocycles. The zero-order valence-electron chi connectivity index (χ0n) is 15.3. The van der Waals surface area contributed by atoms with Crippen molar-refractivity contribution in [3.8, 4) is 5.75 Å². The number of carbonyl (C=O) groups is 2. The second kappa shape index (κ2) is 7.04. The van der Waals surface area contributed by atoms with Gasteiger partial charge in [-0.25, -0.2) is 4.79 Å². The van der Waals surface area contributed by atoms with Crippen LogP contribution in [0.2, 0.25) is 0 Å². The molecule has 0 saturated heterocycles. The van der Waals surface area contributed by atoms with E-state index >= 15 is 0 Å². The summed E-state index contributed by atoms with van der Waals surface area (Å²) >= 11 is 0. The summed E-state index contributed by atoms with van der Waals surface area (Å²) in [6.07, 6.45) is -0.911. The van der Waals surface area contributed by atoms with Crippen LogP contribution >= 0.6 is 0 Å². The first-order chi connectivity index (χ1) is 12.4. The van der Waals surface area contributed by atoms with E-state index in [-0.39, 0.29) is 5.78 Å². The van der Waals surface area contributed by atoms with Crippen LogP contribution in [0.1, 0.15) is 38.9 Å². The number of H-pyrrole nitrogens is 1. The van der Waals surface area contributed by atoms with Crippen molar-refractivity contribution < 1.29 is 19.1 Å². The molecule has 0 radical (unpaired) electrons. The predicted octanol–water partition coefficient (Wildman–Crippen LogP) is 4.22. The molecule has 5 nitrogen and oxygen atoms in total. The van der Waals surface area contributed by atoms with Gasteiger partial charge in [0.1, 0.15) is 11.3 Å². The molecule has 3 aromatic rings. The monoisotopic (exact) mass is 351 g/mol.